The molecule has 152 valence electrons. The van der Waals surface area contributed by atoms with Crippen LogP contribution < -0.4 is 14.8 Å². The first-order valence-corrected chi connectivity index (χ1v) is 10.1. The van der Waals surface area contributed by atoms with Gasteiger partial charge in [-0.1, -0.05) is 30.3 Å². The maximum Gasteiger partial charge on any atom is 0.255 e. The third-order valence-electron chi connectivity index (χ3n) is 5.83. The molecular weight excluding hydrogens is 368 g/mol. The summed E-state index contributed by atoms with van der Waals surface area (Å²) in [6, 6.07) is 15.3. The molecule has 1 spiro atoms. The van der Waals surface area contributed by atoms with Crippen LogP contribution in [-0.4, -0.2) is 49.1 Å². The molecule has 1 saturated heterocycles. The van der Waals surface area contributed by atoms with Crippen LogP contribution in [-0.2, 0) is 11.2 Å². The van der Waals surface area contributed by atoms with Crippen LogP contribution in [0.15, 0.2) is 48.5 Å². The summed E-state index contributed by atoms with van der Waals surface area (Å²) < 4.78 is 11.6. The van der Waals surface area contributed by atoms with E-state index in [2.05, 4.69) is 5.32 Å². The molecule has 0 atom stereocenters. The van der Waals surface area contributed by atoms with E-state index in [4.69, 9.17) is 9.47 Å². The highest BCUT2D eigenvalue weighted by Gasteiger charge is 2.41. The van der Waals surface area contributed by atoms with E-state index in [1.165, 1.54) is 5.56 Å². The predicted molar refractivity (Wildman–Crippen MR) is 109 cm³/mol. The van der Waals surface area contributed by atoms with Gasteiger partial charge in [0.25, 0.3) is 5.91 Å². The van der Waals surface area contributed by atoms with E-state index < -0.39 is 5.60 Å². The summed E-state index contributed by atoms with van der Waals surface area (Å²) in [5.41, 5.74) is 1.20. The van der Waals surface area contributed by atoms with E-state index in [1.54, 1.807) is 25.3 Å². The van der Waals surface area contributed by atoms with Gasteiger partial charge in [-0.2, -0.15) is 0 Å². The summed E-state index contributed by atoms with van der Waals surface area (Å²) in [4.78, 5) is 27.0. The Morgan fingerprint density at radius 3 is 2.66 bits per heavy atom. The minimum atomic E-state index is -0.497. The van der Waals surface area contributed by atoms with Gasteiger partial charge >= 0.3 is 0 Å². The number of piperidine rings is 1. The molecule has 2 aromatic carbocycles. The normalized spacial score (nSPS) is 17.7. The molecule has 2 aromatic rings. The fraction of sp³-hybridized carbons (Fsp3) is 0.391. The molecule has 0 aliphatic carbocycles. The van der Waals surface area contributed by atoms with Crippen molar-refractivity contribution in [3.8, 4) is 11.5 Å². The summed E-state index contributed by atoms with van der Waals surface area (Å²) in [7, 11) is 1.59. The molecule has 29 heavy (non-hydrogen) atoms. The largest absolute Gasteiger partial charge is 0.497 e. The molecule has 2 amide bonds. The highest BCUT2D eigenvalue weighted by molar-refractivity contribution is 5.97. The number of nitrogens with zero attached hydrogens (tertiary/aromatic N) is 1. The van der Waals surface area contributed by atoms with Crippen LogP contribution in [0.25, 0.3) is 0 Å². The van der Waals surface area contributed by atoms with Gasteiger partial charge in [-0.15, -0.1) is 0 Å². The van der Waals surface area contributed by atoms with Crippen LogP contribution in [0.4, 0.5) is 0 Å². The Morgan fingerprint density at radius 2 is 1.93 bits per heavy atom. The van der Waals surface area contributed by atoms with Crippen LogP contribution in [0.3, 0.4) is 0 Å². The third-order valence-corrected chi connectivity index (χ3v) is 5.83. The monoisotopic (exact) mass is 394 g/mol. The second kappa shape index (κ2) is 8.15. The van der Waals surface area contributed by atoms with Crippen molar-refractivity contribution in [3.63, 3.8) is 0 Å². The van der Waals surface area contributed by atoms with Gasteiger partial charge in [-0.05, 0) is 24.1 Å². The van der Waals surface area contributed by atoms with Gasteiger partial charge in [0.2, 0.25) is 5.91 Å². The van der Waals surface area contributed by atoms with Crippen molar-refractivity contribution in [2.45, 2.75) is 31.3 Å². The third kappa shape index (κ3) is 4.21. The Balaban J connectivity index is 1.40. The maximum atomic E-state index is 12.6. The first-order valence-electron chi connectivity index (χ1n) is 10.1. The van der Waals surface area contributed by atoms with Gasteiger partial charge in [0, 0.05) is 38.4 Å². The van der Waals surface area contributed by atoms with Crippen molar-refractivity contribution in [2.24, 2.45) is 0 Å². The Bertz CT molecular complexity index is 889. The van der Waals surface area contributed by atoms with Gasteiger partial charge in [0.15, 0.2) is 0 Å². The van der Waals surface area contributed by atoms with Crippen LogP contribution in [0.2, 0.25) is 0 Å². The van der Waals surface area contributed by atoms with Gasteiger partial charge < -0.3 is 19.7 Å². The average Bonchev–Trinajstić information content (AvgIpc) is 2.89. The van der Waals surface area contributed by atoms with Crippen molar-refractivity contribution >= 4 is 11.8 Å². The Hall–Kier alpha value is -3.02. The van der Waals surface area contributed by atoms with Gasteiger partial charge in [0.1, 0.15) is 17.1 Å². The number of amides is 2. The highest BCUT2D eigenvalue weighted by Crippen LogP contribution is 2.35. The maximum absolute atomic E-state index is 12.6. The summed E-state index contributed by atoms with van der Waals surface area (Å²) in [6.45, 7) is 1.69. The molecule has 0 bridgehead atoms. The van der Waals surface area contributed by atoms with E-state index >= 15 is 0 Å². The average molecular weight is 394 g/mol. The lowest BCUT2D eigenvalue weighted by Gasteiger charge is -2.41. The molecular formula is C23H26N2O4. The molecule has 1 N–H and O–H groups in total. The minimum Gasteiger partial charge on any atom is -0.497 e. The second-order valence-corrected chi connectivity index (χ2v) is 7.70. The van der Waals surface area contributed by atoms with Crippen molar-refractivity contribution in [1.82, 2.24) is 10.2 Å². The summed E-state index contributed by atoms with van der Waals surface area (Å²) in [5.74, 6) is 1.23. The Morgan fingerprint density at radius 1 is 1.17 bits per heavy atom. The zero-order valence-corrected chi connectivity index (χ0v) is 16.6. The topological polar surface area (TPSA) is 67.9 Å². The molecule has 0 unspecified atom stereocenters. The van der Waals surface area contributed by atoms with Gasteiger partial charge in [-0.3, -0.25) is 9.59 Å². The van der Waals surface area contributed by atoms with E-state index in [9.17, 15) is 9.59 Å². The number of rotatable bonds is 4. The molecule has 4 rings (SSSR count). The van der Waals surface area contributed by atoms with Crippen LogP contribution in [0.5, 0.6) is 11.5 Å². The number of methoxy groups -OCH3 is 1. The summed E-state index contributed by atoms with van der Waals surface area (Å²) in [5, 5.41) is 2.98. The number of carbonyl (C=O) groups is 2. The summed E-state index contributed by atoms with van der Waals surface area (Å²) >= 11 is 0. The molecule has 0 aromatic heterocycles. The summed E-state index contributed by atoms with van der Waals surface area (Å²) in [6.07, 6.45) is 2.62. The Labute approximate surface area is 170 Å². The van der Waals surface area contributed by atoms with Crippen molar-refractivity contribution in [1.29, 1.82) is 0 Å². The number of likely N-dealkylation sites (tertiary alicyclic amines) is 1. The minimum absolute atomic E-state index is 0.138. The number of nitrogens with one attached hydrogen (secondary N) is 1. The van der Waals surface area contributed by atoms with E-state index in [-0.39, 0.29) is 11.8 Å². The zero-order chi connectivity index (χ0) is 20.3. The lowest BCUT2D eigenvalue weighted by molar-refractivity contribution is -0.134. The molecule has 6 nitrogen and oxygen atoms in total. The smallest absolute Gasteiger partial charge is 0.255 e. The van der Waals surface area contributed by atoms with E-state index in [1.807, 2.05) is 35.2 Å². The zero-order valence-electron chi connectivity index (χ0n) is 16.6. The van der Waals surface area contributed by atoms with Crippen LogP contribution in [0, 0.1) is 0 Å². The lowest BCUT2D eigenvalue weighted by atomic mass is 9.90. The fourth-order valence-corrected chi connectivity index (χ4v) is 4.00. The second-order valence-electron chi connectivity index (χ2n) is 7.70. The number of ether oxygens (including phenoxy) is 2. The standard InChI is InChI=1S/C23H26N2O4/c1-28-18-8-9-19-20(15-18)29-23(16-24-22(19)27)11-13-25(14-12-23)21(26)10-7-17-5-3-2-4-6-17/h2-6,8-9,15H,7,10-14,16H2,1H3,(H,24,27). The van der Waals surface area contributed by atoms with Crippen LogP contribution >= 0.6 is 0 Å². The SMILES string of the molecule is COc1ccc2c(c1)OC1(CCN(C(=O)CCc3ccccc3)CC1)CNC2=O. The number of fused-ring (bicyclic) bond motifs is 1. The van der Waals surface area contributed by atoms with Crippen molar-refractivity contribution in [2.75, 3.05) is 26.7 Å². The van der Waals surface area contributed by atoms with Crippen molar-refractivity contribution < 1.29 is 19.1 Å². The lowest BCUT2D eigenvalue weighted by Crippen LogP contribution is -2.54. The first-order chi connectivity index (χ1) is 14.1. The highest BCUT2D eigenvalue weighted by atomic mass is 16.5. The Kier molecular flexibility index (Phi) is 5.43. The first kappa shape index (κ1) is 19.3. The molecule has 6 heteroatoms. The van der Waals surface area contributed by atoms with E-state index in [0.29, 0.717) is 56.0 Å². The molecule has 0 saturated carbocycles. The van der Waals surface area contributed by atoms with Gasteiger partial charge in [-0.25, -0.2) is 0 Å². The number of benzene rings is 2. The quantitative estimate of drug-likeness (QED) is 0.866. The number of hydrogen-bond donors (Lipinski definition) is 1. The predicted octanol–water partition coefficient (Wildman–Crippen LogP) is 2.81. The molecule has 2 aliphatic rings. The number of carbonyl (C=O) groups excluding carboxylic acids is 2. The number of aryl methyl sites for hydroxylation is 1. The fourth-order valence-electron chi connectivity index (χ4n) is 4.00. The number of hydrogen-bond acceptors (Lipinski definition) is 4. The van der Waals surface area contributed by atoms with Crippen molar-refractivity contribution in [3.05, 3.63) is 59.7 Å². The van der Waals surface area contributed by atoms with E-state index in [0.717, 1.165) is 6.42 Å². The van der Waals surface area contributed by atoms with Crippen LogP contribution in [0.1, 0.15) is 35.2 Å². The molecule has 1 fully saturated rings. The van der Waals surface area contributed by atoms with Gasteiger partial charge in [0.05, 0.1) is 19.2 Å². The molecule has 0 radical (unpaired) electrons. The molecule has 2 heterocycles. The molecule has 2 aliphatic heterocycles.